The molecule has 0 spiro atoms. The smallest absolute Gasteiger partial charge is 0.220 e. The van der Waals surface area contributed by atoms with Gasteiger partial charge in [0.05, 0.1) is 25.4 Å². The number of carbonyl (C=O) groups is 1. The molecule has 9 heteroatoms. The molecule has 0 bridgehead atoms. The van der Waals surface area contributed by atoms with Crippen molar-refractivity contribution in [3.05, 3.63) is 109 Å². The van der Waals surface area contributed by atoms with E-state index in [0.717, 1.165) is 103 Å². The Morgan fingerprint density at radius 2 is 1.02 bits per heavy atom. The highest BCUT2D eigenvalue weighted by atomic mass is 16.7. The van der Waals surface area contributed by atoms with Crippen LogP contribution in [0.15, 0.2) is 109 Å². The molecule has 1 fully saturated rings. The molecule has 0 radical (unpaired) electrons. The molecule has 1 rings (SSSR count). The maximum Gasteiger partial charge on any atom is 0.220 e. The SMILES string of the molecule is CC/C=C\C/C=C\C/C=C\C/C=C\C/C=C\C/C=C\C/C=C\CCCCCCCC(=O)NC(COC1OC(CO)C(O)C(O)C1O)C(O)/C=C/CC/C=C/CCCCCCCC. The van der Waals surface area contributed by atoms with E-state index in [1.165, 1.54) is 38.5 Å². The Kier molecular flexibility index (Phi) is 38.4. The predicted molar refractivity (Wildman–Crippen MR) is 257 cm³/mol. The highest BCUT2D eigenvalue weighted by molar-refractivity contribution is 5.76. The van der Waals surface area contributed by atoms with Gasteiger partial charge in [-0.15, -0.1) is 0 Å². The zero-order chi connectivity index (χ0) is 45.1. The lowest BCUT2D eigenvalue weighted by Gasteiger charge is -2.40. The van der Waals surface area contributed by atoms with Crippen molar-refractivity contribution in [2.75, 3.05) is 13.2 Å². The highest BCUT2D eigenvalue weighted by Gasteiger charge is 2.44. The van der Waals surface area contributed by atoms with E-state index in [0.29, 0.717) is 6.42 Å². The molecule has 0 aromatic rings. The zero-order valence-corrected chi connectivity index (χ0v) is 38.6. The summed E-state index contributed by atoms with van der Waals surface area (Å²) in [5.41, 5.74) is 0. The topological polar surface area (TPSA) is 149 Å². The van der Waals surface area contributed by atoms with Crippen LogP contribution in [0.2, 0.25) is 0 Å². The molecule has 0 aromatic carbocycles. The molecule has 1 aliphatic heterocycles. The predicted octanol–water partition coefficient (Wildman–Crippen LogP) is 10.7. The van der Waals surface area contributed by atoms with Crippen LogP contribution in [-0.4, -0.2) is 87.5 Å². The van der Waals surface area contributed by atoms with Crippen LogP contribution in [0.25, 0.3) is 0 Å². The van der Waals surface area contributed by atoms with Gasteiger partial charge in [-0.1, -0.05) is 175 Å². The Labute approximate surface area is 376 Å². The third-order valence-electron chi connectivity index (χ3n) is 10.6. The fraction of sp³-hybridized carbons (Fsp3) is 0.642. The zero-order valence-electron chi connectivity index (χ0n) is 38.6. The first kappa shape index (κ1) is 56.9. The summed E-state index contributed by atoms with van der Waals surface area (Å²) in [6.45, 7) is 3.59. The standard InChI is InChI=1S/C53H87NO8/c1-3-5-7-9-11-13-15-17-18-19-20-21-22-23-24-25-26-27-28-29-30-31-33-35-37-39-41-43-49(57)54-46(45-61-53-52(60)51(59)50(58)48(44-55)62-53)47(56)42-40-38-36-34-32-16-14-12-10-8-6-4-2/h5,7,11,13,17-18,20-21,23-24,26-27,29-30,32,34,40,42,46-48,50-53,55-56,58-60H,3-4,6,8-10,12,14-16,19,22,25,28,31,33,35-39,41,43-45H2,1-2H3,(H,54,57)/b7-5-,13-11-,18-17-,21-20-,24-23-,27-26-,30-29-,34-32+,42-40+. The van der Waals surface area contributed by atoms with Crippen LogP contribution in [0.5, 0.6) is 0 Å². The van der Waals surface area contributed by atoms with Gasteiger partial charge in [-0.3, -0.25) is 4.79 Å². The van der Waals surface area contributed by atoms with Crippen molar-refractivity contribution >= 4 is 5.91 Å². The third-order valence-corrected chi connectivity index (χ3v) is 10.6. The fourth-order valence-corrected chi connectivity index (χ4v) is 6.74. The summed E-state index contributed by atoms with van der Waals surface area (Å²) in [5.74, 6) is -0.213. The fourth-order valence-electron chi connectivity index (χ4n) is 6.74. The van der Waals surface area contributed by atoms with E-state index < -0.39 is 49.5 Å². The number of amides is 1. The lowest BCUT2D eigenvalue weighted by atomic mass is 9.99. The van der Waals surface area contributed by atoms with E-state index in [1.54, 1.807) is 6.08 Å². The van der Waals surface area contributed by atoms with E-state index in [2.05, 4.69) is 116 Å². The van der Waals surface area contributed by atoms with Gasteiger partial charge >= 0.3 is 0 Å². The van der Waals surface area contributed by atoms with Crippen LogP contribution in [0.1, 0.15) is 162 Å². The van der Waals surface area contributed by atoms with Gasteiger partial charge in [0.2, 0.25) is 5.91 Å². The minimum atomic E-state index is -1.58. The summed E-state index contributed by atoms with van der Waals surface area (Å²) in [5, 5.41) is 54.1. The Balaban J connectivity index is 2.32. The first-order chi connectivity index (χ1) is 30.3. The average molecular weight is 866 g/mol. The van der Waals surface area contributed by atoms with Crippen LogP contribution in [0.4, 0.5) is 0 Å². The molecule has 352 valence electrons. The number of allylic oxidation sites excluding steroid dienone is 17. The van der Waals surface area contributed by atoms with Crippen molar-refractivity contribution in [1.29, 1.82) is 0 Å². The molecule has 0 aliphatic carbocycles. The van der Waals surface area contributed by atoms with Gasteiger partial charge in [0.15, 0.2) is 6.29 Å². The summed E-state index contributed by atoms with van der Waals surface area (Å²) < 4.78 is 11.2. The normalized spacial score (nSPS) is 21.3. The second-order valence-corrected chi connectivity index (χ2v) is 16.2. The molecular formula is C53H87NO8. The lowest BCUT2D eigenvalue weighted by molar-refractivity contribution is -0.302. The van der Waals surface area contributed by atoms with Gasteiger partial charge < -0.3 is 40.3 Å². The number of hydrogen-bond donors (Lipinski definition) is 6. The molecular weight excluding hydrogens is 779 g/mol. The van der Waals surface area contributed by atoms with Crippen LogP contribution in [-0.2, 0) is 14.3 Å². The summed E-state index contributed by atoms with van der Waals surface area (Å²) in [7, 11) is 0. The van der Waals surface area contributed by atoms with Crippen LogP contribution < -0.4 is 5.32 Å². The molecule has 0 aromatic heterocycles. The molecule has 6 N–H and O–H groups in total. The largest absolute Gasteiger partial charge is 0.394 e. The summed E-state index contributed by atoms with van der Waals surface area (Å²) in [6.07, 6.45) is 54.2. The van der Waals surface area contributed by atoms with Gasteiger partial charge in [0.1, 0.15) is 24.4 Å². The maximum atomic E-state index is 13.0. The van der Waals surface area contributed by atoms with E-state index >= 15 is 0 Å². The first-order valence-electron chi connectivity index (χ1n) is 24.1. The number of aliphatic hydroxyl groups is 5. The monoisotopic (exact) mass is 866 g/mol. The van der Waals surface area contributed by atoms with Crippen molar-refractivity contribution in [2.24, 2.45) is 0 Å². The van der Waals surface area contributed by atoms with Crippen LogP contribution >= 0.6 is 0 Å². The van der Waals surface area contributed by atoms with Crippen molar-refractivity contribution in [3.63, 3.8) is 0 Å². The van der Waals surface area contributed by atoms with Crippen molar-refractivity contribution in [2.45, 2.75) is 204 Å². The van der Waals surface area contributed by atoms with Gasteiger partial charge in [-0.05, 0) is 89.9 Å². The van der Waals surface area contributed by atoms with Gasteiger partial charge in [-0.25, -0.2) is 0 Å². The molecule has 1 amide bonds. The van der Waals surface area contributed by atoms with Crippen LogP contribution in [0.3, 0.4) is 0 Å². The summed E-state index contributed by atoms with van der Waals surface area (Å²) in [6, 6.07) is -0.839. The molecule has 1 saturated heterocycles. The maximum absolute atomic E-state index is 13.0. The van der Waals surface area contributed by atoms with Gasteiger partial charge in [-0.2, -0.15) is 0 Å². The second kappa shape index (κ2) is 41.8. The highest BCUT2D eigenvalue weighted by Crippen LogP contribution is 2.22. The van der Waals surface area contributed by atoms with E-state index in [1.807, 2.05) is 6.08 Å². The number of rotatable bonds is 38. The minimum Gasteiger partial charge on any atom is -0.394 e. The van der Waals surface area contributed by atoms with Crippen molar-refractivity contribution in [1.82, 2.24) is 5.32 Å². The Bertz CT molecular complexity index is 1330. The number of hydrogen-bond acceptors (Lipinski definition) is 8. The number of carbonyl (C=O) groups excluding carboxylic acids is 1. The van der Waals surface area contributed by atoms with Gasteiger partial charge in [0, 0.05) is 6.42 Å². The number of ether oxygens (including phenoxy) is 2. The average Bonchev–Trinajstić information content (AvgIpc) is 3.27. The van der Waals surface area contributed by atoms with E-state index in [9.17, 15) is 30.3 Å². The van der Waals surface area contributed by atoms with Crippen LogP contribution in [0, 0.1) is 0 Å². The number of aliphatic hydroxyl groups excluding tert-OH is 5. The molecule has 1 aliphatic rings. The molecule has 9 nitrogen and oxygen atoms in total. The molecule has 7 atom stereocenters. The minimum absolute atomic E-state index is 0.213. The van der Waals surface area contributed by atoms with E-state index in [4.69, 9.17) is 9.47 Å². The summed E-state index contributed by atoms with van der Waals surface area (Å²) in [4.78, 5) is 13.0. The number of nitrogens with one attached hydrogen (secondary N) is 1. The number of unbranched alkanes of at least 4 members (excludes halogenated alkanes) is 12. The Morgan fingerprint density at radius 1 is 0.565 bits per heavy atom. The lowest BCUT2D eigenvalue weighted by Crippen LogP contribution is -2.60. The Morgan fingerprint density at radius 3 is 1.55 bits per heavy atom. The molecule has 62 heavy (non-hydrogen) atoms. The first-order valence-corrected chi connectivity index (χ1v) is 24.1. The van der Waals surface area contributed by atoms with Gasteiger partial charge in [0.25, 0.3) is 0 Å². The van der Waals surface area contributed by atoms with E-state index in [-0.39, 0.29) is 12.5 Å². The Hall–Kier alpha value is -3.15. The molecule has 7 unspecified atom stereocenters. The second-order valence-electron chi connectivity index (χ2n) is 16.2. The van der Waals surface area contributed by atoms with Crippen molar-refractivity contribution < 1.29 is 39.8 Å². The third kappa shape index (κ3) is 31.7. The summed E-state index contributed by atoms with van der Waals surface area (Å²) >= 11 is 0. The molecule has 1 heterocycles. The quantitative estimate of drug-likeness (QED) is 0.0265. The van der Waals surface area contributed by atoms with Crippen molar-refractivity contribution in [3.8, 4) is 0 Å². The molecule has 0 saturated carbocycles.